The van der Waals surface area contributed by atoms with Crippen LogP contribution in [0.3, 0.4) is 0 Å². The van der Waals surface area contributed by atoms with Gasteiger partial charge in [0.05, 0.1) is 0 Å². The molecule has 1 nitrogen and oxygen atoms in total. The number of aliphatic hydroxyl groups is 1. The predicted molar refractivity (Wildman–Crippen MR) is 49.6 cm³/mol. The molecule has 0 spiro atoms. The van der Waals surface area contributed by atoms with Gasteiger partial charge < -0.3 is 5.11 Å². The molecule has 0 aliphatic rings. The van der Waals surface area contributed by atoms with Crippen molar-refractivity contribution in [2.24, 2.45) is 0 Å². The van der Waals surface area contributed by atoms with Gasteiger partial charge in [-0.1, -0.05) is 17.7 Å². The molecular weight excluding hydrogens is 136 g/mol. The first-order chi connectivity index (χ1) is 5.09. The average Bonchev–Trinajstić information content (AvgIpc) is 1.98. The van der Waals surface area contributed by atoms with Crippen molar-refractivity contribution < 1.29 is 5.11 Å². The van der Waals surface area contributed by atoms with Crippen LogP contribution in [0.15, 0.2) is 35.1 Å². The van der Waals surface area contributed by atoms with Crippen molar-refractivity contribution in [2.45, 2.75) is 27.7 Å². The fourth-order valence-electron chi connectivity index (χ4n) is 0.569. The molecule has 0 rings (SSSR count). The van der Waals surface area contributed by atoms with Crippen molar-refractivity contribution in [3.8, 4) is 0 Å². The van der Waals surface area contributed by atoms with Gasteiger partial charge in [0.25, 0.3) is 0 Å². The van der Waals surface area contributed by atoms with Crippen LogP contribution in [0, 0.1) is 0 Å². The zero-order valence-electron chi connectivity index (χ0n) is 7.68. The molecule has 0 saturated heterocycles. The molecule has 0 aromatic heterocycles. The second kappa shape index (κ2) is 4.78. The van der Waals surface area contributed by atoms with Crippen molar-refractivity contribution in [3.63, 3.8) is 0 Å². The Balaban J connectivity index is 4.49. The van der Waals surface area contributed by atoms with E-state index in [0.29, 0.717) is 5.76 Å². The molecule has 0 bridgehead atoms. The number of aliphatic hydroxyl groups excluding tert-OH is 1. The van der Waals surface area contributed by atoms with E-state index in [9.17, 15) is 5.11 Å². The number of rotatable bonds is 2. The molecule has 0 aliphatic carbocycles. The summed E-state index contributed by atoms with van der Waals surface area (Å²) in [5.74, 6) is 0.350. The molecule has 62 valence electrons. The lowest BCUT2D eigenvalue weighted by molar-refractivity contribution is 0.422. The lowest BCUT2D eigenvalue weighted by Gasteiger charge is -2.00. The van der Waals surface area contributed by atoms with Crippen LogP contribution in [0.5, 0.6) is 0 Å². The summed E-state index contributed by atoms with van der Waals surface area (Å²) in [7, 11) is 0. The first-order valence-electron chi connectivity index (χ1n) is 3.76. The molecule has 0 atom stereocenters. The summed E-state index contributed by atoms with van der Waals surface area (Å²) in [6.07, 6.45) is 5.40. The van der Waals surface area contributed by atoms with Gasteiger partial charge in [-0.25, -0.2) is 0 Å². The second-order valence-corrected chi connectivity index (χ2v) is 2.70. The van der Waals surface area contributed by atoms with Gasteiger partial charge in [-0.15, -0.1) is 0 Å². The fourth-order valence-corrected chi connectivity index (χ4v) is 0.569. The minimum absolute atomic E-state index is 0.350. The minimum atomic E-state index is 0.350. The van der Waals surface area contributed by atoms with Crippen LogP contribution < -0.4 is 0 Å². The van der Waals surface area contributed by atoms with Gasteiger partial charge in [-0.05, 0) is 39.3 Å². The molecule has 11 heavy (non-hydrogen) atoms. The summed E-state index contributed by atoms with van der Waals surface area (Å²) in [6, 6.07) is 0. The Morgan fingerprint density at radius 3 is 2.09 bits per heavy atom. The highest BCUT2D eigenvalue weighted by Crippen LogP contribution is 2.10. The van der Waals surface area contributed by atoms with Crippen LogP contribution >= 0.6 is 0 Å². The van der Waals surface area contributed by atoms with Crippen molar-refractivity contribution in [3.05, 3.63) is 35.1 Å². The molecule has 0 unspecified atom stereocenters. The fraction of sp³-hybridized carbons (Fsp3) is 0.400. The highest BCUT2D eigenvalue weighted by Gasteiger charge is 1.95. The number of hydrogen-bond donors (Lipinski definition) is 1. The summed E-state index contributed by atoms with van der Waals surface area (Å²) in [4.78, 5) is 0. The largest absolute Gasteiger partial charge is 0.508 e. The standard InChI is InChI=1S/C10H16O/c1-5-6-7-10(11)9(4)8(2)3/h5-7,11H,1-4H3/b6-5+,10-7+. The summed E-state index contributed by atoms with van der Waals surface area (Å²) in [5.41, 5.74) is 2.09. The monoisotopic (exact) mass is 152 g/mol. The Hall–Kier alpha value is -0.980. The van der Waals surface area contributed by atoms with Crippen LogP contribution in [0.4, 0.5) is 0 Å². The summed E-state index contributed by atoms with van der Waals surface area (Å²) >= 11 is 0. The van der Waals surface area contributed by atoms with E-state index < -0.39 is 0 Å². The van der Waals surface area contributed by atoms with Crippen LogP contribution in [0.2, 0.25) is 0 Å². The Kier molecular flexibility index (Phi) is 4.35. The maximum absolute atomic E-state index is 9.37. The van der Waals surface area contributed by atoms with E-state index in [1.165, 1.54) is 0 Å². The van der Waals surface area contributed by atoms with Crippen molar-refractivity contribution in [2.75, 3.05) is 0 Å². The van der Waals surface area contributed by atoms with Crippen LogP contribution in [-0.4, -0.2) is 5.11 Å². The van der Waals surface area contributed by atoms with Crippen molar-refractivity contribution in [1.82, 2.24) is 0 Å². The van der Waals surface area contributed by atoms with E-state index in [-0.39, 0.29) is 0 Å². The highest BCUT2D eigenvalue weighted by atomic mass is 16.3. The third-order valence-corrected chi connectivity index (χ3v) is 1.58. The third kappa shape index (κ3) is 3.66. The lowest BCUT2D eigenvalue weighted by atomic mass is 10.1. The molecule has 1 heteroatoms. The number of allylic oxidation sites excluding steroid dienone is 5. The number of hydrogen-bond acceptors (Lipinski definition) is 1. The Labute approximate surface area is 68.7 Å². The van der Waals surface area contributed by atoms with Gasteiger partial charge in [-0.3, -0.25) is 0 Å². The van der Waals surface area contributed by atoms with E-state index in [4.69, 9.17) is 0 Å². The average molecular weight is 152 g/mol. The second-order valence-electron chi connectivity index (χ2n) is 2.70. The third-order valence-electron chi connectivity index (χ3n) is 1.58. The van der Waals surface area contributed by atoms with Crippen LogP contribution in [-0.2, 0) is 0 Å². The summed E-state index contributed by atoms with van der Waals surface area (Å²) < 4.78 is 0. The maximum Gasteiger partial charge on any atom is 0.118 e. The van der Waals surface area contributed by atoms with E-state index in [2.05, 4.69) is 0 Å². The van der Waals surface area contributed by atoms with Crippen LogP contribution in [0.25, 0.3) is 0 Å². The molecular formula is C10H16O. The Morgan fingerprint density at radius 1 is 1.18 bits per heavy atom. The summed E-state index contributed by atoms with van der Waals surface area (Å²) in [6.45, 7) is 7.79. The molecule has 0 aliphatic heterocycles. The quantitative estimate of drug-likeness (QED) is 0.475. The minimum Gasteiger partial charge on any atom is -0.508 e. The van der Waals surface area contributed by atoms with Gasteiger partial charge in [0.2, 0.25) is 0 Å². The van der Waals surface area contributed by atoms with E-state index in [1.807, 2.05) is 39.8 Å². The first kappa shape index (κ1) is 10.0. The molecule has 0 amide bonds. The SMILES string of the molecule is C/C=C/C=C(/O)C(C)=C(C)C. The smallest absolute Gasteiger partial charge is 0.118 e. The van der Waals surface area contributed by atoms with Gasteiger partial charge in [0.1, 0.15) is 5.76 Å². The summed E-state index contributed by atoms with van der Waals surface area (Å²) in [5, 5.41) is 9.37. The van der Waals surface area contributed by atoms with Gasteiger partial charge >= 0.3 is 0 Å². The predicted octanol–water partition coefficient (Wildman–Crippen LogP) is 3.36. The van der Waals surface area contributed by atoms with Gasteiger partial charge in [0, 0.05) is 0 Å². The van der Waals surface area contributed by atoms with Crippen LogP contribution in [0.1, 0.15) is 27.7 Å². The molecule has 0 fully saturated rings. The normalized spacial score (nSPS) is 12.2. The maximum atomic E-state index is 9.37. The van der Waals surface area contributed by atoms with E-state index in [1.54, 1.807) is 6.08 Å². The Bertz CT molecular complexity index is 203. The van der Waals surface area contributed by atoms with Gasteiger partial charge in [-0.2, -0.15) is 0 Å². The zero-order valence-corrected chi connectivity index (χ0v) is 7.68. The molecule has 0 aromatic carbocycles. The van der Waals surface area contributed by atoms with E-state index >= 15 is 0 Å². The van der Waals surface area contributed by atoms with Crippen molar-refractivity contribution in [1.29, 1.82) is 0 Å². The zero-order chi connectivity index (χ0) is 8.85. The molecule has 0 aromatic rings. The molecule has 0 radical (unpaired) electrons. The molecule has 0 heterocycles. The highest BCUT2D eigenvalue weighted by molar-refractivity contribution is 5.29. The first-order valence-corrected chi connectivity index (χ1v) is 3.76. The molecule has 0 saturated carbocycles. The molecule has 1 N–H and O–H groups in total. The van der Waals surface area contributed by atoms with E-state index in [0.717, 1.165) is 11.1 Å². The Morgan fingerprint density at radius 2 is 1.73 bits per heavy atom. The lowest BCUT2D eigenvalue weighted by Crippen LogP contribution is -1.85. The topological polar surface area (TPSA) is 20.2 Å². The van der Waals surface area contributed by atoms with Gasteiger partial charge in [0.15, 0.2) is 0 Å². The van der Waals surface area contributed by atoms with Crippen molar-refractivity contribution >= 4 is 0 Å².